The summed E-state index contributed by atoms with van der Waals surface area (Å²) in [5.74, 6) is 0.588. The first-order valence-corrected chi connectivity index (χ1v) is 14.6. The molecule has 12 heteroatoms. The Labute approximate surface area is 242 Å². The normalized spacial score (nSPS) is 12.1. The second-order valence-electron chi connectivity index (χ2n) is 9.34. The molecular weight excluding hydrogens is 561 g/mol. The van der Waals surface area contributed by atoms with Gasteiger partial charge in [0.15, 0.2) is 6.61 Å². The highest BCUT2D eigenvalue weighted by molar-refractivity contribution is 7.92. The molecule has 0 unspecified atom stereocenters. The Bertz CT molecular complexity index is 1680. The van der Waals surface area contributed by atoms with E-state index in [4.69, 9.17) is 9.26 Å². The van der Waals surface area contributed by atoms with Crippen molar-refractivity contribution in [2.45, 2.75) is 24.0 Å². The molecule has 3 aromatic carbocycles. The zero-order valence-corrected chi connectivity index (χ0v) is 23.2. The number of halogens is 1. The first-order chi connectivity index (χ1) is 20.4. The second kappa shape index (κ2) is 13.3. The highest BCUT2D eigenvalue weighted by Gasteiger charge is 2.16. The molecule has 0 saturated carbocycles. The maximum atomic E-state index is 13.0. The zero-order valence-electron chi connectivity index (χ0n) is 22.4. The monoisotopic (exact) mass is 589 g/mol. The SMILES string of the molecule is O=S(=O)(Nc1ccc(CCNC[C@H](O)c2cccnc2)cc1)c1ccc(-c2noc(COc3ccc(F)cc3)n2)cc1. The topological polar surface area (TPSA) is 139 Å². The molecule has 0 spiro atoms. The summed E-state index contributed by atoms with van der Waals surface area (Å²) in [6.45, 7) is 1.06. The maximum Gasteiger partial charge on any atom is 0.264 e. The number of rotatable bonds is 13. The number of aliphatic hydroxyl groups excluding tert-OH is 1. The third kappa shape index (κ3) is 7.75. The van der Waals surface area contributed by atoms with Crippen molar-refractivity contribution in [2.24, 2.45) is 0 Å². The molecule has 0 bridgehead atoms. The van der Waals surface area contributed by atoms with Crippen LogP contribution < -0.4 is 14.8 Å². The van der Waals surface area contributed by atoms with Crippen LogP contribution in [0.2, 0.25) is 0 Å². The van der Waals surface area contributed by atoms with Crippen LogP contribution in [0.15, 0.2) is 107 Å². The van der Waals surface area contributed by atoms with E-state index in [1.807, 2.05) is 18.2 Å². The lowest BCUT2D eigenvalue weighted by Crippen LogP contribution is -2.23. The van der Waals surface area contributed by atoms with Gasteiger partial charge in [-0.2, -0.15) is 4.98 Å². The van der Waals surface area contributed by atoms with Crippen LogP contribution in [0.25, 0.3) is 11.4 Å². The van der Waals surface area contributed by atoms with Crippen LogP contribution in [0.1, 0.15) is 23.1 Å². The zero-order chi connectivity index (χ0) is 29.4. The van der Waals surface area contributed by atoms with E-state index in [1.54, 1.807) is 42.7 Å². The van der Waals surface area contributed by atoms with Crippen molar-refractivity contribution in [1.29, 1.82) is 0 Å². The van der Waals surface area contributed by atoms with Gasteiger partial charge >= 0.3 is 0 Å². The van der Waals surface area contributed by atoms with E-state index in [0.717, 1.165) is 11.1 Å². The fourth-order valence-electron chi connectivity index (χ4n) is 4.01. The molecule has 0 aliphatic carbocycles. The van der Waals surface area contributed by atoms with Crippen molar-refractivity contribution in [3.05, 3.63) is 120 Å². The van der Waals surface area contributed by atoms with Crippen molar-refractivity contribution in [1.82, 2.24) is 20.4 Å². The first-order valence-electron chi connectivity index (χ1n) is 13.1. The van der Waals surface area contributed by atoms with Gasteiger partial charge in [-0.05, 0) is 85.3 Å². The lowest BCUT2D eigenvalue weighted by atomic mass is 10.1. The van der Waals surface area contributed by atoms with E-state index in [9.17, 15) is 17.9 Å². The number of hydrogen-bond acceptors (Lipinski definition) is 9. The van der Waals surface area contributed by atoms with E-state index in [0.29, 0.717) is 36.5 Å². The molecular formula is C30H28FN5O5S. The fourth-order valence-corrected chi connectivity index (χ4v) is 5.06. The molecule has 2 heterocycles. The van der Waals surface area contributed by atoms with Crippen molar-refractivity contribution >= 4 is 15.7 Å². The van der Waals surface area contributed by atoms with Gasteiger partial charge in [0.2, 0.25) is 5.82 Å². The summed E-state index contributed by atoms with van der Waals surface area (Å²) in [6.07, 6.45) is 3.38. The van der Waals surface area contributed by atoms with Crippen LogP contribution in [-0.4, -0.2) is 41.7 Å². The van der Waals surface area contributed by atoms with Crippen LogP contribution >= 0.6 is 0 Å². The van der Waals surface area contributed by atoms with Gasteiger partial charge in [-0.3, -0.25) is 9.71 Å². The summed E-state index contributed by atoms with van der Waals surface area (Å²) < 4.78 is 52.2. The van der Waals surface area contributed by atoms with Gasteiger partial charge in [0.05, 0.1) is 11.0 Å². The number of hydrogen-bond donors (Lipinski definition) is 3. The van der Waals surface area contributed by atoms with E-state index >= 15 is 0 Å². The van der Waals surface area contributed by atoms with E-state index < -0.39 is 16.1 Å². The van der Waals surface area contributed by atoms with Crippen LogP contribution in [0.3, 0.4) is 0 Å². The van der Waals surface area contributed by atoms with Gasteiger partial charge in [-0.15, -0.1) is 0 Å². The van der Waals surface area contributed by atoms with Gasteiger partial charge in [-0.1, -0.05) is 23.4 Å². The number of aromatic nitrogens is 3. The summed E-state index contributed by atoms with van der Waals surface area (Å²) in [5.41, 5.74) is 2.78. The van der Waals surface area contributed by atoms with Crippen LogP contribution in [0.5, 0.6) is 5.75 Å². The Morgan fingerprint density at radius 3 is 2.45 bits per heavy atom. The molecule has 5 rings (SSSR count). The fraction of sp³-hybridized carbons (Fsp3) is 0.167. The average molecular weight is 590 g/mol. The third-order valence-corrected chi connectivity index (χ3v) is 7.67. The highest BCUT2D eigenvalue weighted by atomic mass is 32.2. The lowest BCUT2D eigenvalue weighted by Gasteiger charge is -2.12. The van der Waals surface area contributed by atoms with Gasteiger partial charge < -0.3 is 19.7 Å². The van der Waals surface area contributed by atoms with Crippen LogP contribution in [0.4, 0.5) is 10.1 Å². The molecule has 0 aliphatic heterocycles. The number of sulfonamides is 1. The Hall–Kier alpha value is -4.65. The Balaban J connectivity index is 1.11. The molecule has 1 atom stereocenters. The molecule has 10 nitrogen and oxygen atoms in total. The highest BCUT2D eigenvalue weighted by Crippen LogP contribution is 2.22. The third-order valence-electron chi connectivity index (χ3n) is 6.27. The maximum absolute atomic E-state index is 13.0. The first kappa shape index (κ1) is 28.9. The van der Waals surface area contributed by atoms with Crippen molar-refractivity contribution in [3.8, 4) is 17.1 Å². The molecule has 0 radical (unpaired) electrons. The number of pyridine rings is 1. The predicted molar refractivity (Wildman–Crippen MR) is 153 cm³/mol. The molecule has 42 heavy (non-hydrogen) atoms. The van der Waals surface area contributed by atoms with E-state index in [2.05, 4.69) is 25.2 Å². The Kier molecular flexibility index (Phi) is 9.17. The summed E-state index contributed by atoms with van der Waals surface area (Å²) in [4.78, 5) is 8.36. The Morgan fingerprint density at radius 1 is 0.976 bits per heavy atom. The minimum absolute atomic E-state index is 0.000378. The van der Waals surface area contributed by atoms with E-state index in [-0.39, 0.29) is 29.0 Å². The van der Waals surface area contributed by atoms with Gasteiger partial charge in [0.25, 0.3) is 15.9 Å². The minimum atomic E-state index is -3.83. The van der Waals surface area contributed by atoms with Crippen molar-refractivity contribution in [3.63, 3.8) is 0 Å². The number of ether oxygens (including phenoxy) is 1. The molecule has 0 fully saturated rings. The Morgan fingerprint density at radius 2 is 1.74 bits per heavy atom. The molecule has 0 amide bonds. The van der Waals surface area contributed by atoms with Crippen LogP contribution in [0, 0.1) is 5.82 Å². The predicted octanol–water partition coefficient (Wildman–Crippen LogP) is 4.52. The second-order valence-corrected chi connectivity index (χ2v) is 11.0. The standard InChI is InChI=1S/C30H28FN5O5S/c31-24-7-11-26(12-8-24)40-20-29-34-30(35-41-29)22-5-13-27(14-6-22)42(38,39)36-25-9-3-21(4-10-25)15-17-33-19-28(37)23-2-1-16-32-18-23/h1-14,16,18,28,33,36-37H,15,17,19-20H2/t28-/m0/s1. The number of nitrogens with one attached hydrogen (secondary N) is 2. The summed E-state index contributed by atoms with van der Waals surface area (Å²) in [7, 11) is -3.83. The molecule has 5 aromatic rings. The van der Waals surface area contributed by atoms with Crippen molar-refractivity contribution in [2.75, 3.05) is 17.8 Å². The molecule has 2 aromatic heterocycles. The minimum Gasteiger partial charge on any atom is -0.484 e. The summed E-state index contributed by atoms with van der Waals surface area (Å²) in [6, 6.07) is 22.4. The van der Waals surface area contributed by atoms with Gasteiger partial charge in [-0.25, -0.2) is 12.8 Å². The molecule has 3 N–H and O–H groups in total. The van der Waals surface area contributed by atoms with Crippen molar-refractivity contribution < 1.29 is 27.2 Å². The van der Waals surface area contributed by atoms with Gasteiger partial charge in [0, 0.05) is 35.8 Å². The molecule has 0 aliphatic rings. The quantitative estimate of drug-likeness (QED) is 0.169. The van der Waals surface area contributed by atoms with E-state index in [1.165, 1.54) is 36.4 Å². The molecule has 0 saturated heterocycles. The summed E-state index contributed by atoms with van der Waals surface area (Å²) in [5, 5.41) is 17.3. The number of aliphatic hydroxyl groups is 1. The largest absolute Gasteiger partial charge is 0.484 e. The molecule has 216 valence electrons. The van der Waals surface area contributed by atoms with Gasteiger partial charge in [0.1, 0.15) is 11.6 Å². The van der Waals surface area contributed by atoms with Crippen LogP contribution in [-0.2, 0) is 23.1 Å². The number of nitrogens with zero attached hydrogens (tertiary/aromatic N) is 3. The lowest BCUT2D eigenvalue weighted by molar-refractivity contribution is 0.174. The summed E-state index contributed by atoms with van der Waals surface area (Å²) >= 11 is 0. The average Bonchev–Trinajstić information content (AvgIpc) is 3.49. The number of anilines is 1. The smallest absolute Gasteiger partial charge is 0.264 e. The number of benzene rings is 3.